The monoisotopic (exact) mass is 788 g/mol. The molecule has 5 heterocycles. The third-order valence-electron chi connectivity index (χ3n) is 10.5. The zero-order valence-corrected chi connectivity index (χ0v) is 36.0. The van der Waals surface area contributed by atoms with Crippen LogP contribution < -0.4 is 9.97 Å². The molecule has 0 amide bonds. The van der Waals surface area contributed by atoms with Gasteiger partial charge in [0.25, 0.3) is 0 Å². The van der Waals surface area contributed by atoms with Crippen LogP contribution in [0.25, 0.3) is 89.7 Å². The van der Waals surface area contributed by atoms with Gasteiger partial charge in [-0.05, 0) is 72.7 Å². The molecule has 0 spiro atoms. The first-order chi connectivity index (χ1) is 26.0. The zero-order valence-electron chi connectivity index (χ0n) is 33.1. The van der Waals surface area contributed by atoms with Crippen molar-refractivity contribution >= 4 is 50.1 Å². The SMILES string of the molecule is CC(C)(C)c1ccc2c(c1)-c1nc-2nc2[n-]c(nc3nc(nc4[n-]c(n1)c1cccc(C(C)(C)C)c41)-c1ccc(C(=O)O)cc1-3)c1cccc(C(C)(C)C)c21.[Zn+2]. The summed E-state index contributed by atoms with van der Waals surface area (Å²) in [4.78, 5) is 53.1. The van der Waals surface area contributed by atoms with Crippen molar-refractivity contribution in [1.82, 2.24) is 39.9 Å². The third kappa shape index (κ3) is 6.00. The number of carbonyl (C=O) groups is 1. The minimum Gasteiger partial charge on any atom is -0.478 e. The van der Waals surface area contributed by atoms with Crippen LogP contribution in [-0.4, -0.2) is 41.0 Å². The van der Waals surface area contributed by atoms with E-state index < -0.39 is 5.97 Å². The second kappa shape index (κ2) is 12.7. The Labute approximate surface area is 337 Å². The summed E-state index contributed by atoms with van der Waals surface area (Å²) in [5, 5.41) is 13.4. The Morgan fingerprint density at radius 3 is 1.38 bits per heavy atom. The predicted octanol–water partition coefficient (Wildman–Crippen LogP) is 9.72. The summed E-state index contributed by atoms with van der Waals surface area (Å²) in [6, 6.07) is 23.5. The maximum absolute atomic E-state index is 12.2. The van der Waals surface area contributed by atoms with Crippen LogP contribution >= 0.6 is 0 Å². The van der Waals surface area contributed by atoms with Gasteiger partial charge in [0.05, 0.1) is 28.9 Å². The maximum atomic E-state index is 12.2. The van der Waals surface area contributed by atoms with Crippen LogP contribution in [0.4, 0.5) is 0 Å². The second-order valence-corrected chi connectivity index (χ2v) is 17.5. The molecule has 4 aromatic carbocycles. The summed E-state index contributed by atoms with van der Waals surface area (Å²) >= 11 is 0. The third-order valence-corrected chi connectivity index (χ3v) is 10.5. The van der Waals surface area contributed by atoms with Crippen LogP contribution in [0.15, 0.2) is 72.8 Å². The molecule has 2 aliphatic rings. The van der Waals surface area contributed by atoms with E-state index in [4.69, 9.17) is 39.9 Å². The number of benzene rings is 4. The molecule has 0 atom stereocenters. The number of aromatic nitrogens is 8. The largest absolute Gasteiger partial charge is 2.00 e. The predicted molar refractivity (Wildman–Crippen MR) is 217 cm³/mol. The van der Waals surface area contributed by atoms with E-state index in [1.807, 2.05) is 24.3 Å². The number of rotatable bonds is 1. The quantitative estimate of drug-likeness (QED) is 0.160. The number of carboxylic acid groups (broad SMARTS) is 1. The van der Waals surface area contributed by atoms with Crippen LogP contribution in [-0.2, 0) is 35.7 Å². The minimum absolute atomic E-state index is 0. The molecule has 10 nitrogen and oxygen atoms in total. The first-order valence-electron chi connectivity index (χ1n) is 18.5. The summed E-state index contributed by atoms with van der Waals surface area (Å²) in [5.41, 5.74) is 7.54. The summed E-state index contributed by atoms with van der Waals surface area (Å²) in [7, 11) is 0. The summed E-state index contributed by atoms with van der Waals surface area (Å²) in [6.07, 6.45) is 0. The van der Waals surface area contributed by atoms with Gasteiger partial charge in [-0.3, -0.25) is 0 Å². The Morgan fingerprint density at radius 2 is 0.929 bits per heavy atom. The first kappa shape index (κ1) is 37.3. The van der Waals surface area contributed by atoms with Crippen molar-refractivity contribution in [3.63, 3.8) is 0 Å². The minimum atomic E-state index is -1.05. The van der Waals surface area contributed by atoms with Crippen LogP contribution in [0.2, 0.25) is 0 Å². The van der Waals surface area contributed by atoms with Crippen molar-refractivity contribution in [2.45, 2.75) is 78.6 Å². The van der Waals surface area contributed by atoms with Gasteiger partial charge in [0.1, 0.15) is 0 Å². The Morgan fingerprint density at radius 1 is 0.500 bits per heavy atom. The van der Waals surface area contributed by atoms with Crippen LogP contribution in [0.5, 0.6) is 0 Å². The smallest absolute Gasteiger partial charge is 0.478 e. The topological polar surface area (TPSA) is 143 Å². The van der Waals surface area contributed by atoms with Crippen LogP contribution in [0.3, 0.4) is 0 Å². The molecular weight excluding hydrogens is 750 g/mol. The van der Waals surface area contributed by atoms with Gasteiger partial charge in [-0.1, -0.05) is 117 Å². The van der Waals surface area contributed by atoms with Gasteiger partial charge in [0, 0.05) is 44.8 Å². The molecule has 56 heavy (non-hydrogen) atoms. The van der Waals surface area contributed by atoms with Gasteiger partial charge in [-0.25, -0.2) is 14.8 Å². The number of aromatic carboxylic acids is 1. The number of fused-ring (bicyclic) bond motifs is 20. The normalized spacial score (nSPS) is 12.7. The maximum Gasteiger partial charge on any atom is 2.00 e. The van der Waals surface area contributed by atoms with Crippen LogP contribution in [0, 0.1) is 0 Å². The first-order valence-corrected chi connectivity index (χ1v) is 18.5. The van der Waals surface area contributed by atoms with Gasteiger partial charge in [-0.2, -0.15) is 0 Å². The van der Waals surface area contributed by atoms with Crippen molar-refractivity contribution < 1.29 is 29.4 Å². The average Bonchev–Trinajstić information content (AvgIpc) is 3.85. The van der Waals surface area contributed by atoms with Crippen molar-refractivity contribution in [3.05, 3.63) is 95.1 Å². The second-order valence-electron chi connectivity index (χ2n) is 17.5. The number of nitrogens with zero attached hydrogens (tertiary/aromatic N) is 8. The van der Waals surface area contributed by atoms with E-state index in [0.29, 0.717) is 57.0 Å². The molecule has 1 N–H and O–H groups in total. The molecule has 0 fully saturated rings. The van der Waals surface area contributed by atoms with Gasteiger partial charge in [-0.15, -0.1) is 0 Å². The standard InChI is InChI=1S/C45H41N8O2.Zn/c1-43(2,3)23-17-19-25-29(21-23)39-47-35(25)51-41-32-26(12-10-14-30(32)44(4,5)6)36(52-41)48-38-28-20-22(42(54)55)16-18-24(28)34(46-38)50-40-33-27(37(49-39)53-40)13-11-15-31(33)45(7,8)9;/h10-21H,1-9H3,(H2-,46,47,48,49,50,51,52,53,54,55);/q-1;+2/p-1. The Bertz CT molecular complexity index is 2950. The molecule has 9 rings (SSSR count). The molecule has 0 aliphatic carbocycles. The molecular formula is C45H40N8O2Zn. The molecule has 0 saturated heterocycles. The van der Waals surface area contributed by atoms with E-state index in [2.05, 4.69) is 92.6 Å². The number of carboxylic acids is 1. The van der Waals surface area contributed by atoms with E-state index in [1.54, 1.807) is 18.2 Å². The van der Waals surface area contributed by atoms with Crippen molar-refractivity contribution in [2.24, 2.45) is 0 Å². The number of hydrogen-bond donors (Lipinski definition) is 1. The van der Waals surface area contributed by atoms with E-state index >= 15 is 0 Å². The van der Waals surface area contributed by atoms with Gasteiger partial charge < -0.3 is 35.0 Å². The van der Waals surface area contributed by atoms with Gasteiger partial charge in [0.2, 0.25) is 0 Å². The fourth-order valence-electron chi connectivity index (χ4n) is 7.61. The van der Waals surface area contributed by atoms with E-state index in [9.17, 15) is 9.90 Å². The average molecular weight is 790 g/mol. The summed E-state index contributed by atoms with van der Waals surface area (Å²) < 4.78 is 0. The Balaban J connectivity index is 0.00000441. The van der Waals surface area contributed by atoms with Gasteiger partial charge >= 0.3 is 25.4 Å². The number of hydrogen-bond acceptors (Lipinski definition) is 7. The fourth-order valence-corrected chi connectivity index (χ4v) is 7.61. The Kier molecular flexibility index (Phi) is 8.44. The van der Waals surface area contributed by atoms with Crippen molar-refractivity contribution in [1.29, 1.82) is 0 Å². The summed E-state index contributed by atoms with van der Waals surface area (Å²) in [6.45, 7) is 19.5. The molecule has 0 radical (unpaired) electrons. The molecule has 0 unspecified atom stereocenters. The molecule has 3 aromatic heterocycles. The van der Waals surface area contributed by atoms with Gasteiger partial charge in [0.15, 0.2) is 0 Å². The van der Waals surface area contributed by atoms with Crippen molar-refractivity contribution in [2.75, 3.05) is 0 Å². The van der Waals surface area contributed by atoms with Crippen molar-refractivity contribution in [3.8, 4) is 45.6 Å². The molecule has 7 aromatic rings. The zero-order chi connectivity index (χ0) is 38.8. The molecule has 0 saturated carbocycles. The van der Waals surface area contributed by atoms with Crippen LogP contribution in [0.1, 0.15) is 89.4 Å². The fraction of sp³-hybridized carbons (Fsp3) is 0.267. The molecule has 8 bridgehead atoms. The molecule has 2 aliphatic heterocycles. The summed E-state index contributed by atoms with van der Waals surface area (Å²) in [5.74, 6) is 0.639. The molecule has 274 valence electrons. The van der Waals surface area contributed by atoms with E-state index in [0.717, 1.165) is 49.4 Å². The molecule has 11 heteroatoms. The van der Waals surface area contributed by atoms with E-state index in [1.165, 1.54) is 0 Å². The Hall–Kier alpha value is -5.67. The van der Waals surface area contributed by atoms with E-state index in [-0.39, 0.29) is 41.3 Å².